The predicted octanol–water partition coefficient (Wildman–Crippen LogP) is 5.01. The number of hydrogen-bond donors (Lipinski definition) is 1. The lowest BCUT2D eigenvalue weighted by molar-refractivity contribution is 0.142. The van der Waals surface area contributed by atoms with E-state index in [0.717, 1.165) is 27.7 Å². The van der Waals surface area contributed by atoms with E-state index >= 15 is 0 Å². The van der Waals surface area contributed by atoms with Crippen molar-refractivity contribution in [1.29, 1.82) is 0 Å². The van der Waals surface area contributed by atoms with E-state index in [1.165, 1.54) is 4.90 Å². The summed E-state index contributed by atoms with van der Waals surface area (Å²) in [4.78, 5) is 19.2. The molecule has 138 valence electrons. The molecule has 0 atom stereocenters. The van der Waals surface area contributed by atoms with Crippen molar-refractivity contribution < 1.29 is 9.90 Å². The molecule has 1 amide bonds. The average Bonchev–Trinajstić information content (AvgIpc) is 2.67. The molecule has 2 aromatic carbocycles. The standard InChI is InChI=1S/C20H17Cl2N3O2/c21-16-4-2-1-3-13(16)14-11-15-18(12-17(14)22)23-6-5-19(15)24-7-9-25(10-8-24)20(26)27/h1-6,11-12H,7-10H2,(H,26,27). The molecule has 0 saturated carbocycles. The first-order valence-corrected chi connectivity index (χ1v) is 9.36. The molecule has 1 saturated heterocycles. The molecule has 0 aliphatic carbocycles. The van der Waals surface area contributed by atoms with E-state index in [-0.39, 0.29) is 0 Å². The van der Waals surface area contributed by atoms with Gasteiger partial charge in [-0.15, -0.1) is 0 Å². The number of nitrogens with zero attached hydrogens (tertiary/aromatic N) is 3. The van der Waals surface area contributed by atoms with Crippen LogP contribution in [-0.2, 0) is 0 Å². The van der Waals surface area contributed by atoms with E-state index < -0.39 is 6.09 Å². The molecule has 1 fully saturated rings. The molecule has 7 heteroatoms. The van der Waals surface area contributed by atoms with Crippen LogP contribution >= 0.6 is 23.2 Å². The zero-order valence-corrected chi connectivity index (χ0v) is 15.9. The third-order valence-electron chi connectivity index (χ3n) is 4.86. The van der Waals surface area contributed by atoms with Gasteiger partial charge in [-0.1, -0.05) is 41.4 Å². The Kier molecular flexibility index (Phi) is 4.81. The Labute approximate surface area is 166 Å². The number of fused-ring (bicyclic) bond motifs is 1. The molecule has 0 unspecified atom stereocenters. The summed E-state index contributed by atoms with van der Waals surface area (Å²) in [5.41, 5.74) is 3.55. The minimum absolute atomic E-state index is 0.476. The first-order chi connectivity index (χ1) is 13.0. The highest BCUT2D eigenvalue weighted by molar-refractivity contribution is 6.37. The van der Waals surface area contributed by atoms with E-state index in [0.29, 0.717) is 36.2 Å². The molecule has 0 spiro atoms. The van der Waals surface area contributed by atoms with Gasteiger partial charge in [-0.2, -0.15) is 0 Å². The van der Waals surface area contributed by atoms with Crippen molar-refractivity contribution in [3.63, 3.8) is 0 Å². The zero-order chi connectivity index (χ0) is 19.0. The Morgan fingerprint density at radius 2 is 1.70 bits per heavy atom. The molecule has 2 heterocycles. The maximum Gasteiger partial charge on any atom is 0.407 e. The number of benzene rings is 2. The van der Waals surface area contributed by atoms with Crippen LogP contribution in [-0.4, -0.2) is 47.3 Å². The SMILES string of the molecule is O=C(O)N1CCN(c2ccnc3cc(Cl)c(-c4ccccc4Cl)cc23)CC1. The van der Waals surface area contributed by atoms with Gasteiger partial charge in [-0.05, 0) is 24.3 Å². The molecule has 0 radical (unpaired) electrons. The van der Waals surface area contributed by atoms with Crippen molar-refractivity contribution in [3.8, 4) is 11.1 Å². The van der Waals surface area contributed by atoms with Crippen LogP contribution in [0.25, 0.3) is 22.0 Å². The van der Waals surface area contributed by atoms with Crippen LogP contribution < -0.4 is 4.90 Å². The van der Waals surface area contributed by atoms with Gasteiger partial charge in [0.15, 0.2) is 0 Å². The van der Waals surface area contributed by atoms with E-state index in [2.05, 4.69) is 9.88 Å². The summed E-state index contributed by atoms with van der Waals surface area (Å²) >= 11 is 12.9. The van der Waals surface area contributed by atoms with Gasteiger partial charge < -0.3 is 14.9 Å². The lowest BCUT2D eigenvalue weighted by Crippen LogP contribution is -2.48. The van der Waals surface area contributed by atoms with E-state index in [9.17, 15) is 4.79 Å². The Balaban J connectivity index is 1.78. The second kappa shape index (κ2) is 7.25. The Hall–Kier alpha value is -2.50. The van der Waals surface area contributed by atoms with Gasteiger partial charge in [0.1, 0.15) is 0 Å². The Morgan fingerprint density at radius 3 is 2.41 bits per heavy atom. The van der Waals surface area contributed by atoms with Crippen molar-refractivity contribution in [2.75, 3.05) is 31.1 Å². The van der Waals surface area contributed by atoms with Crippen molar-refractivity contribution in [1.82, 2.24) is 9.88 Å². The number of rotatable bonds is 2. The summed E-state index contributed by atoms with van der Waals surface area (Å²) in [5, 5.41) is 11.4. The number of pyridine rings is 1. The summed E-state index contributed by atoms with van der Waals surface area (Å²) in [6.07, 6.45) is 0.884. The van der Waals surface area contributed by atoms with Gasteiger partial charge in [0.2, 0.25) is 0 Å². The summed E-state index contributed by atoms with van der Waals surface area (Å²) in [6, 6.07) is 13.4. The van der Waals surface area contributed by atoms with Crippen molar-refractivity contribution in [3.05, 3.63) is 58.7 Å². The number of piperazine rings is 1. The van der Waals surface area contributed by atoms with E-state index in [1.54, 1.807) is 6.20 Å². The number of carboxylic acid groups (broad SMARTS) is 1. The monoisotopic (exact) mass is 401 g/mol. The van der Waals surface area contributed by atoms with Gasteiger partial charge in [-0.25, -0.2) is 4.79 Å². The van der Waals surface area contributed by atoms with Gasteiger partial charge in [0, 0.05) is 59.6 Å². The quantitative estimate of drug-likeness (QED) is 0.655. The predicted molar refractivity (Wildman–Crippen MR) is 109 cm³/mol. The zero-order valence-electron chi connectivity index (χ0n) is 14.4. The minimum atomic E-state index is -0.873. The highest BCUT2D eigenvalue weighted by Gasteiger charge is 2.22. The first kappa shape index (κ1) is 17.9. The number of anilines is 1. The van der Waals surface area contributed by atoms with Crippen molar-refractivity contribution in [2.24, 2.45) is 0 Å². The fourth-order valence-electron chi connectivity index (χ4n) is 3.45. The highest BCUT2D eigenvalue weighted by Crippen LogP contribution is 2.38. The molecular weight excluding hydrogens is 385 g/mol. The summed E-state index contributed by atoms with van der Waals surface area (Å²) in [7, 11) is 0. The molecular formula is C20H17Cl2N3O2. The normalized spacial score (nSPS) is 14.6. The summed E-state index contributed by atoms with van der Waals surface area (Å²) in [5.74, 6) is 0. The molecule has 1 aromatic heterocycles. The smallest absolute Gasteiger partial charge is 0.407 e. The summed E-state index contributed by atoms with van der Waals surface area (Å²) < 4.78 is 0. The molecule has 1 aliphatic rings. The van der Waals surface area contributed by atoms with Gasteiger partial charge in [0.05, 0.1) is 10.5 Å². The minimum Gasteiger partial charge on any atom is -0.465 e. The molecule has 1 N–H and O–H groups in total. The molecule has 4 rings (SSSR count). The molecule has 1 aliphatic heterocycles. The molecule has 5 nitrogen and oxygen atoms in total. The van der Waals surface area contributed by atoms with E-state index in [4.69, 9.17) is 28.3 Å². The van der Waals surface area contributed by atoms with Crippen LogP contribution in [0.4, 0.5) is 10.5 Å². The third-order valence-corrected chi connectivity index (χ3v) is 5.50. The number of carbonyl (C=O) groups is 1. The topological polar surface area (TPSA) is 56.7 Å². The van der Waals surface area contributed by atoms with Crippen molar-refractivity contribution in [2.45, 2.75) is 0 Å². The number of hydrogen-bond acceptors (Lipinski definition) is 3. The van der Waals surface area contributed by atoms with Crippen LogP contribution in [0, 0.1) is 0 Å². The maximum atomic E-state index is 11.2. The van der Waals surface area contributed by atoms with Gasteiger partial charge in [-0.3, -0.25) is 4.98 Å². The van der Waals surface area contributed by atoms with Crippen LogP contribution in [0.2, 0.25) is 10.0 Å². The second-order valence-corrected chi connectivity index (χ2v) is 7.23. The number of aromatic nitrogens is 1. The van der Waals surface area contributed by atoms with Gasteiger partial charge in [0.25, 0.3) is 0 Å². The second-order valence-electron chi connectivity index (χ2n) is 6.42. The van der Waals surface area contributed by atoms with Gasteiger partial charge >= 0.3 is 6.09 Å². The first-order valence-electron chi connectivity index (χ1n) is 8.60. The van der Waals surface area contributed by atoms with Crippen LogP contribution in [0.1, 0.15) is 0 Å². The lowest BCUT2D eigenvalue weighted by atomic mass is 10.0. The number of amides is 1. The lowest BCUT2D eigenvalue weighted by Gasteiger charge is -2.35. The third kappa shape index (κ3) is 3.40. The Morgan fingerprint density at radius 1 is 0.963 bits per heavy atom. The van der Waals surface area contributed by atoms with E-state index in [1.807, 2.05) is 42.5 Å². The largest absolute Gasteiger partial charge is 0.465 e. The van der Waals surface area contributed by atoms with Crippen molar-refractivity contribution >= 4 is 45.9 Å². The van der Waals surface area contributed by atoms with Crippen LogP contribution in [0.3, 0.4) is 0 Å². The molecule has 0 bridgehead atoms. The Bertz CT molecular complexity index is 1020. The summed E-state index contributed by atoms with van der Waals surface area (Å²) in [6.45, 7) is 2.22. The average molecular weight is 402 g/mol. The van der Waals surface area contributed by atoms with Crippen LogP contribution in [0.15, 0.2) is 48.7 Å². The fourth-order valence-corrected chi connectivity index (χ4v) is 3.95. The maximum absolute atomic E-state index is 11.2. The van der Waals surface area contributed by atoms with Crippen LogP contribution in [0.5, 0.6) is 0 Å². The highest BCUT2D eigenvalue weighted by atomic mass is 35.5. The fraction of sp³-hybridized carbons (Fsp3) is 0.200. The molecule has 27 heavy (non-hydrogen) atoms. The number of halogens is 2. The molecule has 3 aromatic rings.